The largest absolute Gasteiger partial charge is 0.480 e. The summed E-state index contributed by atoms with van der Waals surface area (Å²) in [6.45, 7) is 6.52. The molecule has 1 aromatic rings. The zero-order valence-corrected chi connectivity index (χ0v) is 12.2. The first-order valence-corrected chi connectivity index (χ1v) is 6.66. The lowest BCUT2D eigenvalue weighted by Gasteiger charge is -2.37. The summed E-state index contributed by atoms with van der Waals surface area (Å²) in [5.41, 5.74) is -0.920. The second-order valence-electron chi connectivity index (χ2n) is 4.63. The van der Waals surface area contributed by atoms with E-state index in [1.165, 1.54) is 12.1 Å². The van der Waals surface area contributed by atoms with E-state index in [4.69, 9.17) is 11.6 Å². The minimum atomic E-state index is -1.17. The molecule has 0 bridgehead atoms. The van der Waals surface area contributed by atoms with Crippen LogP contribution >= 0.6 is 11.6 Å². The third-order valence-corrected chi connectivity index (χ3v) is 3.86. The van der Waals surface area contributed by atoms with Crippen molar-refractivity contribution in [3.63, 3.8) is 0 Å². The van der Waals surface area contributed by atoms with Gasteiger partial charge in [-0.2, -0.15) is 0 Å². The van der Waals surface area contributed by atoms with Crippen molar-refractivity contribution in [2.24, 2.45) is 0 Å². The Morgan fingerprint density at radius 3 is 2.42 bits per heavy atom. The maximum Gasteiger partial charge on any atom is 0.324 e. The highest BCUT2D eigenvalue weighted by Crippen LogP contribution is 2.27. The Morgan fingerprint density at radius 2 is 2.00 bits per heavy atom. The molecule has 0 saturated heterocycles. The van der Waals surface area contributed by atoms with Crippen LogP contribution in [0, 0.1) is 5.82 Å². The molecule has 0 amide bonds. The van der Waals surface area contributed by atoms with Crippen LogP contribution in [0.3, 0.4) is 0 Å². The molecular weight excluding hydrogens is 269 g/mol. The van der Waals surface area contributed by atoms with Gasteiger partial charge in [0.05, 0.1) is 0 Å². The molecule has 1 rings (SSSR count). The maximum atomic E-state index is 13.8. The lowest BCUT2D eigenvalue weighted by molar-refractivity contribution is -0.150. The molecule has 0 fully saturated rings. The van der Waals surface area contributed by atoms with E-state index in [2.05, 4.69) is 0 Å². The Hall–Kier alpha value is -1.13. The van der Waals surface area contributed by atoms with Gasteiger partial charge in [0.15, 0.2) is 0 Å². The van der Waals surface area contributed by atoms with Crippen molar-refractivity contribution in [2.75, 3.05) is 13.1 Å². The van der Waals surface area contributed by atoms with Crippen LogP contribution in [0.15, 0.2) is 18.2 Å². The van der Waals surface area contributed by atoms with Gasteiger partial charge < -0.3 is 5.11 Å². The van der Waals surface area contributed by atoms with E-state index in [1.54, 1.807) is 17.9 Å². The molecule has 19 heavy (non-hydrogen) atoms. The molecule has 1 N–H and O–H groups in total. The molecule has 0 spiro atoms. The Bertz CT molecular complexity index is 443. The fourth-order valence-electron chi connectivity index (χ4n) is 2.29. The van der Waals surface area contributed by atoms with Crippen molar-refractivity contribution in [3.05, 3.63) is 34.6 Å². The quantitative estimate of drug-likeness (QED) is 0.873. The van der Waals surface area contributed by atoms with E-state index in [-0.39, 0.29) is 17.0 Å². The minimum absolute atomic E-state index is 0.0372. The highest BCUT2D eigenvalue weighted by Gasteiger charge is 2.39. The molecule has 106 valence electrons. The Labute approximate surface area is 118 Å². The summed E-state index contributed by atoms with van der Waals surface area (Å²) in [5, 5.41) is 9.76. The molecule has 0 aliphatic rings. The molecule has 0 heterocycles. The molecule has 1 atom stereocenters. The van der Waals surface area contributed by atoms with Gasteiger partial charge >= 0.3 is 5.97 Å². The van der Waals surface area contributed by atoms with Crippen LogP contribution < -0.4 is 0 Å². The van der Waals surface area contributed by atoms with Crippen LogP contribution in [0.25, 0.3) is 0 Å². The number of halogens is 2. The number of rotatable bonds is 6. The van der Waals surface area contributed by atoms with Crippen molar-refractivity contribution in [2.45, 2.75) is 32.7 Å². The molecule has 1 aromatic carbocycles. The molecule has 0 aliphatic heterocycles. The van der Waals surface area contributed by atoms with Gasteiger partial charge in [0, 0.05) is 17.0 Å². The summed E-state index contributed by atoms with van der Waals surface area (Å²) in [5.74, 6) is -1.44. The fourth-order valence-corrected chi connectivity index (χ4v) is 2.52. The normalized spacial score (nSPS) is 14.4. The molecule has 1 unspecified atom stereocenters. The van der Waals surface area contributed by atoms with Gasteiger partial charge in [-0.05, 0) is 32.1 Å². The van der Waals surface area contributed by atoms with E-state index in [0.29, 0.717) is 13.1 Å². The minimum Gasteiger partial charge on any atom is -0.480 e. The predicted octanol–water partition coefficient (Wildman–Crippen LogP) is 3.21. The number of carboxylic acids is 1. The van der Waals surface area contributed by atoms with Gasteiger partial charge in [-0.15, -0.1) is 0 Å². The lowest BCUT2D eigenvalue weighted by atomic mass is 9.90. The van der Waals surface area contributed by atoms with Crippen molar-refractivity contribution >= 4 is 17.6 Å². The highest BCUT2D eigenvalue weighted by molar-refractivity contribution is 6.31. The molecule has 0 saturated carbocycles. The number of hydrogen-bond acceptors (Lipinski definition) is 2. The van der Waals surface area contributed by atoms with Gasteiger partial charge in [0.2, 0.25) is 0 Å². The van der Waals surface area contributed by atoms with Crippen LogP contribution in [-0.4, -0.2) is 34.6 Å². The van der Waals surface area contributed by atoms with Crippen LogP contribution in [0.4, 0.5) is 4.39 Å². The van der Waals surface area contributed by atoms with Gasteiger partial charge in [-0.3, -0.25) is 9.69 Å². The second kappa shape index (κ2) is 6.35. The van der Waals surface area contributed by atoms with Gasteiger partial charge in [-0.25, -0.2) is 4.39 Å². The van der Waals surface area contributed by atoms with Gasteiger partial charge in [-0.1, -0.05) is 31.5 Å². The summed E-state index contributed by atoms with van der Waals surface area (Å²) in [6.07, 6.45) is 0.0372. The molecule has 0 radical (unpaired) electrons. The number of carboxylic acid groups (broad SMARTS) is 1. The van der Waals surface area contributed by atoms with Crippen LogP contribution in [0.1, 0.15) is 26.3 Å². The molecule has 5 heteroatoms. The van der Waals surface area contributed by atoms with E-state index in [0.717, 1.165) is 0 Å². The average molecular weight is 288 g/mol. The third kappa shape index (κ3) is 3.25. The number of nitrogens with zero attached hydrogens (tertiary/aromatic N) is 1. The predicted molar refractivity (Wildman–Crippen MR) is 74.1 cm³/mol. The van der Waals surface area contributed by atoms with E-state index in [9.17, 15) is 14.3 Å². The van der Waals surface area contributed by atoms with Crippen molar-refractivity contribution in [1.82, 2.24) is 4.90 Å². The van der Waals surface area contributed by atoms with Crippen molar-refractivity contribution in [1.29, 1.82) is 0 Å². The van der Waals surface area contributed by atoms with Crippen LogP contribution in [0.2, 0.25) is 5.02 Å². The first-order chi connectivity index (χ1) is 8.86. The number of likely N-dealkylation sites (N-methyl/N-ethyl adjacent to an activating group) is 1. The lowest BCUT2D eigenvalue weighted by Crippen LogP contribution is -2.54. The first-order valence-electron chi connectivity index (χ1n) is 6.28. The summed E-state index contributed by atoms with van der Waals surface area (Å²) in [4.78, 5) is 13.4. The molecular formula is C14H19ClFNO2. The monoisotopic (exact) mass is 287 g/mol. The number of carbonyl (C=O) groups is 1. The third-order valence-electron chi connectivity index (χ3n) is 3.50. The van der Waals surface area contributed by atoms with Crippen molar-refractivity contribution in [3.8, 4) is 0 Å². The highest BCUT2D eigenvalue weighted by atomic mass is 35.5. The first kappa shape index (κ1) is 15.9. The van der Waals surface area contributed by atoms with E-state index in [1.807, 2.05) is 13.8 Å². The molecule has 3 nitrogen and oxygen atoms in total. The Kier molecular flexibility index (Phi) is 5.32. The summed E-state index contributed by atoms with van der Waals surface area (Å²) in [6, 6.07) is 4.38. The van der Waals surface area contributed by atoms with Gasteiger partial charge in [0.1, 0.15) is 11.4 Å². The fraction of sp³-hybridized carbons (Fsp3) is 0.500. The Morgan fingerprint density at radius 1 is 1.42 bits per heavy atom. The van der Waals surface area contributed by atoms with E-state index >= 15 is 0 Å². The molecule has 0 aliphatic carbocycles. The standard InChI is InChI=1S/C14H19ClFNO2/c1-4-17(5-2)14(3,13(18)19)9-10-11(15)7-6-8-12(10)16/h6-8H,4-5,9H2,1-3H3,(H,18,19). The zero-order valence-electron chi connectivity index (χ0n) is 11.4. The van der Waals surface area contributed by atoms with Crippen LogP contribution in [-0.2, 0) is 11.2 Å². The van der Waals surface area contributed by atoms with Gasteiger partial charge in [0.25, 0.3) is 0 Å². The average Bonchev–Trinajstić information content (AvgIpc) is 2.35. The maximum absolute atomic E-state index is 13.8. The number of benzene rings is 1. The summed E-state index contributed by atoms with van der Waals surface area (Å²) < 4.78 is 13.8. The SMILES string of the molecule is CCN(CC)C(C)(Cc1c(F)cccc1Cl)C(=O)O. The Balaban J connectivity index is 3.19. The smallest absolute Gasteiger partial charge is 0.324 e. The summed E-state index contributed by atoms with van der Waals surface area (Å²) in [7, 11) is 0. The van der Waals surface area contributed by atoms with E-state index < -0.39 is 17.3 Å². The number of aliphatic carboxylic acids is 1. The second-order valence-corrected chi connectivity index (χ2v) is 5.04. The summed E-state index contributed by atoms with van der Waals surface area (Å²) >= 11 is 5.98. The molecule has 0 aromatic heterocycles. The zero-order chi connectivity index (χ0) is 14.6. The number of hydrogen-bond donors (Lipinski definition) is 1. The van der Waals surface area contributed by atoms with Crippen LogP contribution in [0.5, 0.6) is 0 Å². The topological polar surface area (TPSA) is 40.5 Å². The van der Waals surface area contributed by atoms with Crippen molar-refractivity contribution < 1.29 is 14.3 Å².